The Labute approximate surface area is 227 Å². The number of halogens is 1. The normalized spacial score (nSPS) is 10.6. The average Bonchev–Trinajstić information content (AvgIpc) is 2.94. The van der Waals surface area contributed by atoms with Crippen LogP contribution in [0.15, 0.2) is 102 Å². The van der Waals surface area contributed by atoms with E-state index in [0.29, 0.717) is 21.8 Å². The maximum atomic E-state index is 12.6. The zero-order valence-electron chi connectivity index (χ0n) is 20.0. The minimum atomic E-state index is -0.579. The first-order chi connectivity index (χ1) is 18.8. The van der Waals surface area contributed by atoms with Crippen LogP contribution >= 0.6 is 11.6 Å². The molecule has 10 nitrogen and oxygen atoms in total. The molecular weight excluding hydrogens is 524 g/mol. The zero-order valence-corrected chi connectivity index (χ0v) is 20.8. The van der Waals surface area contributed by atoms with E-state index >= 15 is 0 Å². The van der Waals surface area contributed by atoms with Crippen molar-refractivity contribution >= 4 is 47.0 Å². The third kappa shape index (κ3) is 7.12. The SMILES string of the molecule is O=C(NN=Cc1ccccc1OC(=O)c1ccc(Cl)cc1)c1cccc(NC(=O)c2ccc([N+](=O)[O-])cc2)c1. The molecule has 2 amide bonds. The highest BCUT2D eigenvalue weighted by molar-refractivity contribution is 6.30. The summed E-state index contributed by atoms with van der Waals surface area (Å²) in [4.78, 5) is 47.8. The predicted molar refractivity (Wildman–Crippen MR) is 145 cm³/mol. The van der Waals surface area contributed by atoms with E-state index in [1.165, 1.54) is 42.6 Å². The van der Waals surface area contributed by atoms with E-state index in [-0.39, 0.29) is 22.6 Å². The van der Waals surface area contributed by atoms with E-state index in [1.807, 2.05) is 0 Å². The van der Waals surface area contributed by atoms with Gasteiger partial charge in [-0.3, -0.25) is 19.7 Å². The first kappa shape index (κ1) is 26.7. The Morgan fingerprint density at radius 2 is 1.51 bits per heavy atom. The molecular formula is C28H19ClN4O6. The summed E-state index contributed by atoms with van der Waals surface area (Å²) < 4.78 is 5.46. The first-order valence-corrected chi connectivity index (χ1v) is 11.7. The van der Waals surface area contributed by atoms with Crippen LogP contribution in [-0.2, 0) is 0 Å². The number of benzene rings is 4. The number of hydrogen-bond donors (Lipinski definition) is 2. The van der Waals surface area contributed by atoms with Crippen LogP contribution in [0.3, 0.4) is 0 Å². The van der Waals surface area contributed by atoms with Gasteiger partial charge in [-0.2, -0.15) is 5.10 Å². The molecule has 0 aliphatic rings. The summed E-state index contributed by atoms with van der Waals surface area (Å²) in [5.41, 5.74) is 3.81. The minimum Gasteiger partial charge on any atom is -0.422 e. The van der Waals surface area contributed by atoms with Gasteiger partial charge in [-0.15, -0.1) is 0 Å². The Kier molecular flexibility index (Phi) is 8.40. The van der Waals surface area contributed by atoms with E-state index in [2.05, 4.69) is 15.8 Å². The summed E-state index contributed by atoms with van der Waals surface area (Å²) in [6.45, 7) is 0. The minimum absolute atomic E-state index is 0.131. The van der Waals surface area contributed by atoms with Crippen molar-refractivity contribution in [3.8, 4) is 5.75 Å². The number of hydrogen-bond acceptors (Lipinski definition) is 7. The van der Waals surface area contributed by atoms with Crippen molar-refractivity contribution in [3.05, 3.63) is 134 Å². The number of rotatable bonds is 8. The highest BCUT2D eigenvalue weighted by Gasteiger charge is 2.13. The van der Waals surface area contributed by atoms with Crippen LogP contribution in [0, 0.1) is 10.1 Å². The van der Waals surface area contributed by atoms with Gasteiger partial charge in [0.2, 0.25) is 0 Å². The molecule has 0 aliphatic carbocycles. The van der Waals surface area contributed by atoms with Crippen LogP contribution in [0.2, 0.25) is 5.02 Å². The fourth-order valence-electron chi connectivity index (χ4n) is 3.33. The Balaban J connectivity index is 1.39. The van der Waals surface area contributed by atoms with Gasteiger partial charge in [-0.05, 0) is 66.7 Å². The quantitative estimate of drug-likeness (QED) is 0.0992. The van der Waals surface area contributed by atoms with Crippen molar-refractivity contribution in [3.63, 3.8) is 0 Å². The van der Waals surface area contributed by atoms with Crippen molar-refractivity contribution in [1.82, 2.24) is 5.43 Å². The van der Waals surface area contributed by atoms with Gasteiger partial charge >= 0.3 is 5.97 Å². The molecule has 0 aliphatic heterocycles. The van der Waals surface area contributed by atoms with Crippen LogP contribution in [0.4, 0.5) is 11.4 Å². The van der Waals surface area contributed by atoms with Crippen LogP contribution in [0.5, 0.6) is 5.75 Å². The molecule has 0 aromatic heterocycles. The number of carbonyl (C=O) groups is 3. The molecule has 0 fully saturated rings. The molecule has 0 unspecified atom stereocenters. The number of nitrogens with one attached hydrogen (secondary N) is 2. The third-order valence-electron chi connectivity index (χ3n) is 5.29. The van der Waals surface area contributed by atoms with Crippen LogP contribution < -0.4 is 15.5 Å². The van der Waals surface area contributed by atoms with E-state index in [1.54, 1.807) is 60.7 Å². The van der Waals surface area contributed by atoms with Gasteiger partial charge < -0.3 is 10.1 Å². The number of amides is 2. The molecule has 0 saturated heterocycles. The summed E-state index contributed by atoms with van der Waals surface area (Å²) in [5, 5.41) is 17.9. The monoisotopic (exact) mass is 542 g/mol. The second-order valence-electron chi connectivity index (χ2n) is 7.97. The summed E-state index contributed by atoms with van der Waals surface area (Å²) in [7, 11) is 0. The Bertz CT molecular complexity index is 1570. The number of hydrazone groups is 1. The molecule has 0 bridgehead atoms. The fraction of sp³-hybridized carbons (Fsp3) is 0. The second kappa shape index (κ2) is 12.3. The maximum absolute atomic E-state index is 12.6. The summed E-state index contributed by atoms with van der Waals surface area (Å²) in [6, 6.07) is 24.2. The Hall–Kier alpha value is -5.35. The van der Waals surface area contributed by atoms with Crippen molar-refractivity contribution in [2.24, 2.45) is 5.10 Å². The molecule has 2 N–H and O–H groups in total. The van der Waals surface area contributed by atoms with Gasteiger partial charge in [0.15, 0.2) is 0 Å². The van der Waals surface area contributed by atoms with E-state index in [4.69, 9.17) is 16.3 Å². The lowest BCUT2D eigenvalue weighted by molar-refractivity contribution is -0.384. The Morgan fingerprint density at radius 1 is 0.821 bits per heavy atom. The van der Waals surface area contributed by atoms with E-state index in [0.717, 1.165) is 0 Å². The standard InChI is InChI=1S/C28H19ClN4O6/c29-22-12-8-19(9-13-22)28(36)39-25-7-2-1-4-21(25)17-30-32-27(35)20-5-3-6-23(16-20)31-26(34)18-10-14-24(15-11-18)33(37)38/h1-17H,(H,31,34)(H,32,35). The van der Waals surface area contributed by atoms with Gasteiger partial charge in [0.25, 0.3) is 17.5 Å². The predicted octanol–water partition coefficient (Wildman–Crippen LogP) is 5.48. The molecule has 4 aromatic carbocycles. The molecule has 11 heteroatoms. The van der Waals surface area contributed by atoms with Gasteiger partial charge in [0.05, 0.1) is 16.7 Å². The lowest BCUT2D eigenvalue weighted by Crippen LogP contribution is -2.18. The molecule has 194 valence electrons. The number of nitro benzene ring substituents is 1. The van der Waals surface area contributed by atoms with E-state index < -0.39 is 22.7 Å². The van der Waals surface area contributed by atoms with Gasteiger partial charge in [-0.1, -0.05) is 29.8 Å². The van der Waals surface area contributed by atoms with Gasteiger partial charge in [0.1, 0.15) is 5.75 Å². The number of nitrogens with zero attached hydrogens (tertiary/aromatic N) is 2. The highest BCUT2D eigenvalue weighted by Crippen LogP contribution is 2.19. The van der Waals surface area contributed by atoms with Crippen LogP contribution in [-0.4, -0.2) is 28.9 Å². The molecule has 0 heterocycles. The number of non-ortho nitro benzene ring substituents is 1. The Morgan fingerprint density at radius 3 is 2.23 bits per heavy atom. The van der Waals surface area contributed by atoms with Gasteiger partial charge in [0, 0.05) is 39.5 Å². The van der Waals surface area contributed by atoms with Crippen molar-refractivity contribution in [1.29, 1.82) is 0 Å². The largest absolute Gasteiger partial charge is 0.422 e. The topological polar surface area (TPSA) is 140 Å². The summed E-state index contributed by atoms with van der Waals surface area (Å²) >= 11 is 5.86. The van der Waals surface area contributed by atoms with Crippen molar-refractivity contribution in [2.45, 2.75) is 0 Å². The molecule has 0 saturated carbocycles. The summed E-state index contributed by atoms with van der Waals surface area (Å²) in [5.74, 6) is -1.38. The fourth-order valence-corrected chi connectivity index (χ4v) is 3.45. The number of anilines is 1. The van der Waals surface area contributed by atoms with Crippen LogP contribution in [0.25, 0.3) is 0 Å². The molecule has 4 rings (SSSR count). The number of nitro groups is 1. The first-order valence-electron chi connectivity index (χ1n) is 11.4. The molecule has 4 aromatic rings. The highest BCUT2D eigenvalue weighted by atomic mass is 35.5. The number of para-hydroxylation sites is 1. The van der Waals surface area contributed by atoms with Crippen LogP contribution in [0.1, 0.15) is 36.6 Å². The van der Waals surface area contributed by atoms with Crippen molar-refractivity contribution < 1.29 is 24.0 Å². The average molecular weight is 543 g/mol. The smallest absolute Gasteiger partial charge is 0.343 e. The lowest BCUT2D eigenvalue weighted by atomic mass is 10.1. The number of carbonyl (C=O) groups excluding carboxylic acids is 3. The molecule has 0 atom stereocenters. The van der Waals surface area contributed by atoms with Gasteiger partial charge in [-0.25, -0.2) is 10.2 Å². The second-order valence-corrected chi connectivity index (χ2v) is 8.41. The molecule has 0 spiro atoms. The number of ether oxygens (including phenoxy) is 1. The maximum Gasteiger partial charge on any atom is 0.343 e. The molecule has 39 heavy (non-hydrogen) atoms. The third-order valence-corrected chi connectivity index (χ3v) is 5.55. The van der Waals surface area contributed by atoms with Crippen molar-refractivity contribution in [2.75, 3.05) is 5.32 Å². The number of esters is 1. The molecule has 0 radical (unpaired) electrons. The zero-order chi connectivity index (χ0) is 27.8. The van der Waals surface area contributed by atoms with E-state index in [9.17, 15) is 24.5 Å². The summed E-state index contributed by atoms with van der Waals surface area (Å²) in [6.07, 6.45) is 1.34. The lowest BCUT2D eigenvalue weighted by Gasteiger charge is -2.08.